The normalized spacial score (nSPS) is 34.8. The van der Waals surface area contributed by atoms with Gasteiger partial charge in [-0.2, -0.15) is 17.0 Å². The summed E-state index contributed by atoms with van der Waals surface area (Å²) in [5, 5.41) is 3.37. The molecule has 0 aromatic rings. The average Bonchev–Trinajstić information content (AvgIpc) is 2.27. The molecular weight excluding hydrogens is 286 g/mol. The fraction of sp³-hybridized carbons (Fsp3) is 1.00. The lowest BCUT2D eigenvalue weighted by atomic mass is 10.0. The van der Waals surface area contributed by atoms with Gasteiger partial charge in [0, 0.05) is 38.3 Å². The van der Waals surface area contributed by atoms with Gasteiger partial charge in [0.1, 0.15) is 0 Å². The molecule has 0 aromatic heterocycles. The van der Waals surface area contributed by atoms with Crippen molar-refractivity contribution in [3.63, 3.8) is 0 Å². The van der Waals surface area contributed by atoms with Crippen LogP contribution in [0.4, 0.5) is 0 Å². The molecule has 2 rings (SSSR count). The molecule has 7 heteroatoms. The van der Waals surface area contributed by atoms with Gasteiger partial charge in [0.2, 0.25) is 0 Å². The van der Waals surface area contributed by atoms with E-state index < -0.39 is 10.2 Å². The van der Waals surface area contributed by atoms with Crippen LogP contribution in [0.25, 0.3) is 0 Å². The second kappa shape index (κ2) is 6.72. The molecule has 1 N–H and O–H groups in total. The third-order valence-corrected chi connectivity index (χ3v) is 5.73. The molecule has 0 spiro atoms. The van der Waals surface area contributed by atoms with Gasteiger partial charge in [-0.1, -0.05) is 6.92 Å². The molecule has 0 aliphatic carbocycles. The van der Waals surface area contributed by atoms with Crippen LogP contribution in [-0.2, 0) is 10.2 Å². The van der Waals surface area contributed by atoms with Crippen molar-refractivity contribution in [2.75, 3.05) is 26.2 Å². The van der Waals surface area contributed by atoms with Crippen molar-refractivity contribution in [2.45, 2.75) is 45.7 Å². The van der Waals surface area contributed by atoms with Crippen molar-refractivity contribution in [1.82, 2.24) is 13.9 Å². The standard InChI is InChI=1S/C12H25N3O2S.ClH/c1-10-5-4-6-14(7-10)18(16,17)15-8-11(2)13-12(3)9-15;/h10-13H,4-9H2,1-3H3;1H. The lowest BCUT2D eigenvalue weighted by molar-refractivity contribution is 0.221. The Morgan fingerprint density at radius 2 is 1.58 bits per heavy atom. The molecule has 5 nitrogen and oxygen atoms in total. The zero-order chi connectivity index (χ0) is 13.3. The number of hydrogen-bond acceptors (Lipinski definition) is 3. The molecule has 3 atom stereocenters. The summed E-state index contributed by atoms with van der Waals surface area (Å²) in [7, 11) is -3.26. The summed E-state index contributed by atoms with van der Waals surface area (Å²) in [5.41, 5.74) is 0. The Balaban J connectivity index is 0.00000180. The molecule has 19 heavy (non-hydrogen) atoms. The molecule has 2 fully saturated rings. The van der Waals surface area contributed by atoms with E-state index in [9.17, 15) is 8.42 Å². The van der Waals surface area contributed by atoms with Gasteiger partial charge in [0.05, 0.1) is 0 Å². The maximum absolute atomic E-state index is 12.6. The third-order valence-electron chi connectivity index (χ3n) is 3.80. The largest absolute Gasteiger partial charge is 0.309 e. The van der Waals surface area contributed by atoms with Crippen LogP contribution >= 0.6 is 12.4 Å². The SMILES string of the molecule is CC1CCCN(S(=O)(=O)N2CC(C)NC(C)C2)C1.Cl. The van der Waals surface area contributed by atoms with E-state index in [2.05, 4.69) is 12.2 Å². The highest BCUT2D eigenvalue weighted by molar-refractivity contribution is 7.86. The monoisotopic (exact) mass is 311 g/mol. The van der Waals surface area contributed by atoms with Crippen LogP contribution in [0.3, 0.4) is 0 Å². The fourth-order valence-electron chi connectivity index (χ4n) is 2.98. The Morgan fingerprint density at radius 1 is 1.00 bits per heavy atom. The molecule has 2 saturated heterocycles. The van der Waals surface area contributed by atoms with Gasteiger partial charge >= 0.3 is 0 Å². The number of nitrogens with one attached hydrogen (secondary N) is 1. The van der Waals surface area contributed by atoms with Crippen LogP contribution in [0, 0.1) is 5.92 Å². The van der Waals surface area contributed by atoms with Gasteiger partial charge < -0.3 is 5.32 Å². The summed E-state index contributed by atoms with van der Waals surface area (Å²) in [6.07, 6.45) is 2.12. The van der Waals surface area contributed by atoms with E-state index in [0.29, 0.717) is 32.1 Å². The average molecular weight is 312 g/mol. The van der Waals surface area contributed by atoms with Crippen molar-refractivity contribution in [1.29, 1.82) is 0 Å². The Bertz CT molecular complexity index is 380. The summed E-state index contributed by atoms with van der Waals surface area (Å²) in [5.74, 6) is 0.478. The highest BCUT2D eigenvalue weighted by Crippen LogP contribution is 2.21. The summed E-state index contributed by atoms with van der Waals surface area (Å²) >= 11 is 0. The van der Waals surface area contributed by atoms with Crippen LogP contribution in [0.2, 0.25) is 0 Å². The molecule has 0 bridgehead atoms. The van der Waals surface area contributed by atoms with Gasteiger partial charge in [-0.25, -0.2) is 0 Å². The van der Waals surface area contributed by atoms with Crippen LogP contribution in [-0.4, -0.2) is 55.3 Å². The van der Waals surface area contributed by atoms with Gasteiger partial charge in [0.15, 0.2) is 0 Å². The van der Waals surface area contributed by atoms with Crippen molar-refractivity contribution in [3.05, 3.63) is 0 Å². The topological polar surface area (TPSA) is 52.7 Å². The van der Waals surface area contributed by atoms with E-state index in [1.165, 1.54) is 0 Å². The van der Waals surface area contributed by atoms with Crippen molar-refractivity contribution in [2.24, 2.45) is 5.92 Å². The number of piperazine rings is 1. The van der Waals surface area contributed by atoms with E-state index >= 15 is 0 Å². The predicted octanol–water partition coefficient (Wildman–Crippen LogP) is 1.07. The van der Waals surface area contributed by atoms with Gasteiger partial charge in [-0.3, -0.25) is 0 Å². The minimum Gasteiger partial charge on any atom is -0.309 e. The molecule has 2 aliphatic heterocycles. The number of piperidine rings is 1. The van der Waals surface area contributed by atoms with Crippen LogP contribution in [0.15, 0.2) is 0 Å². The first-order valence-electron chi connectivity index (χ1n) is 6.91. The lowest BCUT2D eigenvalue weighted by Crippen LogP contribution is -2.59. The Labute approximate surface area is 123 Å². The Kier molecular flexibility index (Phi) is 6.07. The van der Waals surface area contributed by atoms with Crippen LogP contribution in [0.1, 0.15) is 33.6 Å². The highest BCUT2D eigenvalue weighted by atomic mass is 35.5. The predicted molar refractivity (Wildman–Crippen MR) is 79.8 cm³/mol. The minimum absolute atomic E-state index is 0. The molecule has 3 unspecified atom stereocenters. The maximum Gasteiger partial charge on any atom is 0.282 e. The molecule has 2 aliphatic rings. The minimum atomic E-state index is -3.26. The molecule has 2 heterocycles. The highest BCUT2D eigenvalue weighted by Gasteiger charge is 2.36. The smallest absolute Gasteiger partial charge is 0.282 e. The lowest BCUT2D eigenvalue weighted by Gasteiger charge is -2.39. The first kappa shape index (κ1) is 17.2. The van der Waals surface area contributed by atoms with Gasteiger partial charge in [-0.15, -0.1) is 12.4 Å². The van der Waals surface area contributed by atoms with E-state index in [1.807, 2.05) is 13.8 Å². The first-order valence-corrected chi connectivity index (χ1v) is 8.30. The fourth-order valence-corrected chi connectivity index (χ4v) is 4.94. The summed E-state index contributed by atoms with van der Waals surface area (Å²) < 4.78 is 28.5. The van der Waals surface area contributed by atoms with E-state index in [-0.39, 0.29) is 24.5 Å². The quantitative estimate of drug-likeness (QED) is 0.830. The third kappa shape index (κ3) is 4.04. The summed E-state index contributed by atoms with van der Waals surface area (Å²) in [4.78, 5) is 0. The number of halogens is 1. The number of hydrogen-bond donors (Lipinski definition) is 1. The second-order valence-electron chi connectivity index (χ2n) is 5.90. The summed E-state index contributed by atoms with van der Waals surface area (Å²) in [6, 6.07) is 0.455. The Morgan fingerprint density at radius 3 is 2.11 bits per heavy atom. The zero-order valence-corrected chi connectivity index (χ0v) is 13.6. The molecule has 0 saturated carbocycles. The number of rotatable bonds is 2. The molecule has 0 amide bonds. The maximum atomic E-state index is 12.6. The van der Waals surface area contributed by atoms with E-state index in [1.54, 1.807) is 8.61 Å². The van der Waals surface area contributed by atoms with Crippen molar-refractivity contribution >= 4 is 22.6 Å². The molecular formula is C12H26ClN3O2S. The zero-order valence-electron chi connectivity index (χ0n) is 12.0. The van der Waals surface area contributed by atoms with Gasteiger partial charge in [0.25, 0.3) is 10.2 Å². The second-order valence-corrected chi connectivity index (χ2v) is 7.83. The van der Waals surface area contributed by atoms with Gasteiger partial charge in [-0.05, 0) is 32.6 Å². The van der Waals surface area contributed by atoms with E-state index in [0.717, 1.165) is 12.8 Å². The van der Waals surface area contributed by atoms with Crippen molar-refractivity contribution in [3.8, 4) is 0 Å². The molecule has 0 aromatic carbocycles. The molecule has 114 valence electrons. The Hall–Kier alpha value is 0.120. The number of nitrogens with zero attached hydrogens (tertiary/aromatic N) is 2. The molecule has 0 radical (unpaired) electrons. The van der Waals surface area contributed by atoms with E-state index in [4.69, 9.17) is 0 Å². The van der Waals surface area contributed by atoms with Crippen molar-refractivity contribution < 1.29 is 8.42 Å². The summed E-state index contributed by atoms with van der Waals surface area (Å²) in [6.45, 7) is 8.72. The van der Waals surface area contributed by atoms with Crippen LogP contribution in [0.5, 0.6) is 0 Å². The van der Waals surface area contributed by atoms with Crippen LogP contribution < -0.4 is 5.32 Å². The first-order chi connectivity index (χ1) is 8.39.